The predicted octanol–water partition coefficient (Wildman–Crippen LogP) is 3.20. The summed E-state index contributed by atoms with van der Waals surface area (Å²) < 4.78 is 13.3. The van der Waals surface area contributed by atoms with Crippen molar-refractivity contribution in [3.63, 3.8) is 0 Å². The number of allylic oxidation sites excluding steroid dienone is 1. The normalized spacial score (nSPS) is 17.4. The number of thiazole rings is 1. The Balaban J connectivity index is 1.76. The third kappa shape index (κ3) is 4.82. The van der Waals surface area contributed by atoms with Crippen LogP contribution in [0.4, 0.5) is 10.1 Å². The molecule has 8 heteroatoms. The first kappa shape index (κ1) is 20.2. The minimum absolute atomic E-state index is 0.0588. The van der Waals surface area contributed by atoms with Crippen LogP contribution in [0.5, 0.6) is 0 Å². The Hall–Kier alpha value is -2.58. The van der Waals surface area contributed by atoms with Crippen LogP contribution < -0.4 is 11.1 Å². The monoisotopic (exact) mass is 401 g/mol. The van der Waals surface area contributed by atoms with Crippen LogP contribution >= 0.6 is 11.3 Å². The highest BCUT2D eigenvalue weighted by Gasteiger charge is 2.28. The first-order chi connectivity index (χ1) is 13.6. The third-order valence-electron chi connectivity index (χ3n) is 4.51. The number of nitrogens with zero attached hydrogens (tertiary/aromatic N) is 3. The molecule has 1 fully saturated rings. The molecule has 3 rings (SSSR count). The molecule has 28 heavy (non-hydrogen) atoms. The van der Waals surface area contributed by atoms with Crippen molar-refractivity contribution >= 4 is 34.7 Å². The summed E-state index contributed by atoms with van der Waals surface area (Å²) in [7, 11) is 0. The second-order valence-corrected chi connectivity index (χ2v) is 7.40. The van der Waals surface area contributed by atoms with Gasteiger partial charge in [-0.3, -0.25) is 9.79 Å². The molecule has 1 saturated heterocycles. The van der Waals surface area contributed by atoms with Gasteiger partial charge in [-0.25, -0.2) is 9.37 Å². The highest BCUT2D eigenvalue weighted by Crippen LogP contribution is 2.22. The summed E-state index contributed by atoms with van der Waals surface area (Å²) in [6.07, 6.45) is 4.78. The van der Waals surface area contributed by atoms with Gasteiger partial charge in [0.25, 0.3) is 5.91 Å². The van der Waals surface area contributed by atoms with Crippen LogP contribution in [0.3, 0.4) is 0 Å². The lowest BCUT2D eigenvalue weighted by atomic mass is 10.2. The fraction of sp³-hybridized carbons (Fsp3) is 0.350. The van der Waals surface area contributed by atoms with Crippen molar-refractivity contribution in [1.29, 1.82) is 0 Å². The van der Waals surface area contributed by atoms with Crippen molar-refractivity contribution in [1.82, 2.24) is 15.2 Å². The van der Waals surface area contributed by atoms with Crippen molar-refractivity contribution in [2.24, 2.45) is 10.7 Å². The molecule has 0 radical (unpaired) electrons. The third-order valence-corrected chi connectivity index (χ3v) is 5.40. The van der Waals surface area contributed by atoms with Crippen LogP contribution in [0, 0.1) is 5.82 Å². The molecule has 0 saturated carbocycles. The van der Waals surface area contributed by atoms with E-state index in [4.69, 9.17) is 5.73 Å². The van der Waals surface area contributed by atoms with Crippen LogP contribution in [0.1, 0.15) is 35.3 Å². The van der Waals surface area contributed by atoms with Crippen LogP contribution in [0.15, 0.2) is 40.8 Å². The minimum Gasteiger partial charge on any atom is -0.404 e. The molecule has 0 unspecified atom stereocenters. The Kier molecular flexibility index (Phi) is 6.89. The Morgan fingerprint density at radius 3 is 3.07 bits per heavy atom. The molecule has 6 nitrogen and oxygen atoms in total. The smallest absolute Gasteiger partial charge is 0.273 e. The maximum Gasteiger partial charge on any atom is 0.273 e. The van der Waals surface area contributed by atoms with Crippen LogP contribution in [-0.4, -0.2) is 47.7 Å². The number of aliphatic imine (C=N–C) groups is 1. The molecule has 1 aliphatic heterocycles. The summed E-state index contributed by atoms with van der Waals surface area (Å²) in [5.74, 6) is -0.413. The van der Waals surface area contributed by atoms with E-state index in [0.29, 0.717) is 28.5 Å². The highest BCUT2D eigenvalue weighted by molar-refractivity contribution is 7.11. The summed E-state index contributed by atoms with van der Waals surface area (Å²) in [6.45, 7) is 4.51. The van der Waals surface area contributed by atoms with E-state index in [1.165, 1.54) is 35.9 Å². The topological polar surface area (TPSA) is 83.6 Å². The number of hydrogen-bond acceptors (Lipinski definition) is 6. The van der Waals surface area contributed by atoms with Gasteiger partial charge in [-0.2, -0.15) is 0 Å². The van der Waals surface area contributed by atoms with Crippen molar-refractivity contribution in [3.8, 4) is 0 Å². The zero-order valence-electron chi connectivity index (χ0n) is 15.8. The molecule has 148 valence electrons. The van der Waals surface area contributed by atoms with Crippen LogP contribution in [0.25, 0.3) is 5.57 Å². The number of rotatable bonds is 7. The Morgan fingerprint density at radius 2 is 2.39 bits per heavy atom. The van der Waals surface area contributed by atoms with E-state index in [1.807, 2.05) is 4.90 Å². The van der Waals surface area contributed by atoms with Crippen molar-refractivity contribution in [2.45, 2.75) is 25.8 Å². The van der Waals surface area contributed by atoms with Crippen molar-refractivity contribution < 1.29 is 9.18 Å². The number of hydrogen-bond donors (Lipinski definition) is 2. The number of halogens is 1. The predicted molar refractivity (Wildman–Crippen MR) is 111 cm³/mol. The lowest BCUT2D eigenvalue weighted by Gasteiger charge is -2.27. The Bertz CT molecular complexity index is 873. The summed E-state index contributed by atoms with van der Waals surface area (Å²) in [4.78, 5) is 23.6. The van der Waals surface area contributed by atoms with Gasteiger partial charge >= 0.3 is 0 Å². The van der Waals surface area contributed by atoms with E-state index >= 15 is 0 Å². The zero-order chi connectivity index (χ0) is 19.9. The van der Waals surface area contributed by atoms with Gasteiger partial charge in [-0.05, 0) is 37.6 Å². The molecule has 1 atom stereocenters. The van der Waals surface area contributed by atoms with Gasteiger partial charge < -0.3 is 16.0 Å². The van der Waals surface area contributed by atoms with Crippen LogP contribution in [-0.2, 0) is 0 Å². The Labute approximate surface area is 168 Å². The molecule has 0 spiro atoms. The summed E-state index contributed by atoms with van der Waals surface area (Å²) >= 11 is 1.34. The number of amides is 1. The molecule has 2 heterocycles. The second-order valence-electron chi connectivity index (χ2n) is 6.54. The van der Waals surface area contributed by atoms with E-state index in [0.717, 1.165) is 25.9 Å². The zero-order valence-corrected chi connectivity index (χ0v) is 16.6. The maximum atomic E-state index is 13.3. The maximum absolute atomic E-state index is 13.3. The number of benzene rings is 1. The summed E-state index contributed by atoms with van der Waals surface area (Å²) in [6, 6.07) is 6.19. The first-order valence-electron chi connectivity index (χ1n) is 9.31. The molecule has 2 aromatic rings. The number of carbonyl (C=O) groups excluding carboxylic acids is 1. The van der Waals surface area contributed by atoms with Gasteiger partial charge in [0.2, 0.25) is 0 Å². The molecule has 0 aliphatic carbocycles. The van der Waals surface area contributed by atoms with Gasteiger partial charge in [-0.1, -0.05) is 13.0 Å². The second kappa shape index (κ2) is 9.57. The average molecular weight is 402 g/mol. The molecular weight excluding hydrogens is 377 g/mol. The molecule has 1 amide bonds. The number of nitrogens with one attached hydrogen (secondary N) is 1. The lowest BCUT2D eigenvalue weighted by molar-refractivity contribution is 0.0687. The quantitative estimate of drug-likeness (QED) is 0.698. The van der Waals surface area contributed by atoms with Crippen molar-refractivity contribution in [2.75, 3.05) is 19.6 Å². The first-order valence-corrected chi connectivity index (χ1v) is 10.2. The van der Waals surface area contributed by atoms with E-state index in [1.54, 1.807) is 17.5 Å². The fourth-order valence-corrected chi connectivity index (χ4v) is 3.90. The largest absolute Gasteiger partial charge is 0.404 e. The van der Waals surface area contributed by atoms with E-state index < -0.39 is 0 Å². The number of nitrogens with two attached hydrogens (primary N) is 1. The van der Waals surface area contributed by atoms with Gasteiger partial charge in [0.05, 0.1) is 5.69 Å². The van der Waals surface area contributed by atoms with E-state index in [9.17, 15) is 9.18 Å². The van der Waals surface area contributed by atoms with Gasteiger partial charge in [0.1, 0.15) is 16.5 Å². The van der Waals surface area contributed by atoms with E-state index in [2.05, 4.69) is 22.2 Å². The fourth-order valence-electron chi connectivity index (χ4n) is 3.12. The van der Waals surface area contributed by atoms with Gasteiger partial charge in [0, 0.05) is 42.5 Å². The number of carbonyl (C=O) groups is 1. The van der Waals surface area contributed by atoms with E-state index in [-0.39, 0.29) is 17.8 Å². The Morgan fingerprint density at radius 1 is 1.54 bits per heavy atom. The summed E-state index contributed by atoms with van der Waals surface area (Å²) in [5, 5.41) is 5.66. The lowest BCUT2D eigenvalue weighted by Crippen LogP contribution is -2.42. The molecule has 1 aromatic carbocycles. The minimum atomic E-state index is -0.354. The molecule has 3 N–H and O–H groups in total. The van der Waals surface area contributed by atoms with Gasteiger partial charge in [-0.15, -0.1) is 11.3 Å². The van der Waals surface area contributed by atoms with Gasteiger partial charge in [0.15, 0.2) is 0 Å². The number of aromatic nitrogens is 1. The van der Waals surface area contributed by atoms with Crippen LogP contribution in [0.2, 0.25) is 0 Å². The van der Waals surface area contributed by atoms with Crippen molar-refractivity contribution in [3.05, 3.63) is 52.4 Å². The standard InChI is InChI=1S/C20H24FN5OS/c1-2-8-26(17-6-7-23-12-17)20(27)18-13-28-19(25-18)14(10-22)11-24-16-5-3-4-15(21)9-16/h3-5,9-11,13,17,23H,2,6-8,12,22H2,1H3/b14-10+,24-11?/t17-/m1/s1. The molecule has 1 aliphatic rings. The SMILES string of the molecule is CCCN(C(=O)c1csc(/C(C=Nc2cccc(F)c2)=C/N)n1)[C@@H]1CCNC1. The average Bonchev–Trinajstić information content (AvgIpc) is 3.38. The molecular formula is C20H24FN5OS. The molecule has 0 bridgehead atoms. The highest BCUT2D eigenvalue weighted by atomic mass is 32.1. The summed E-state index contributed by atoms with van der Waals surface area (Å²) in [5.41, 5.74) is 7.21. The molecule has 1 aromatic heterocycles.